The minimum absolute atomic E-state index is 0.460. The molecule has 18 aromatic rings. The van der Waals surface area contributed by atoms with Crippen LogP contribution in [0.5, 0.6) is 0 Å². The molecular formula is C89H57N9. The van der Waals surface area contributed by atoms with Gasteiger partial charge in [-0.15, -0.1) is 0 Å². The van der Waals surface area contributed by atoms with Gasteiger partial charge in [-0.2, -0.15) is 0 Å². The Balaban J connectivity index is 0.989. The number of fused-ring (bicyclic) bond motifs is 6. The van der Waals surface area contributed by atoms with Crippen LogP contribution in [0.2, 0.25) is 0 Å². The van der Waals surface area contributed by atoms with Crippen molar-refractivity contribution in [2.75, 3.05) is 0 Å². The molecule has 0 aliphatic rings. The predicted octanol–water partition coefficient (Wildman–Crippen LogP) is 22.0. The van der Waals surface area contributed by atoms with Crippen LogP contribution >= 0.6 is 0 Å². The summed E-state index contributed by atoms with van der Waals surface area (Å²) >= 11 is 0. The molecule has 0 atom stereocenters. The number of rotatable bonds is 13. The molecule has 18 rings (SSSR count). The van der Waals surface area contributed by atoms with Gasteiger partial charge in [-0.25, -0.2) is 34.9 Å². The van der Waals surface area contributed by atoms with Crippen molar-refractivity contribution in [3.8, 4) is 136 Å². The monoisotopic (exact) mass is 1250 g/mol. The highest BCUT2D eigenvalue weighted by atomic mass is 15.1. The van der Waals surface area contributed by atoms with Crippen LogP contribution in [0.25, 0.3) is 179 Å². The van der Waals surface area contributed by atoms with Gasteiger partial charge in [-0.05, 0) is 100 Å². The van der Waals surface area contributed by atoms with Gasteiger partial charge >= 0.3 is 0 Å². The maximum Gasteiger partial charge on any atom is 0.166 e. The van der Waals surface area contributed by atoms with Gasteiger partial charge in [0.05, 0.1) is 44.8 Å². The van der Waals surface area contributed by atoms with Gasteiger partial charge < -0.3 is 9.13 Å². The number of hydrogen-bond acceptors (Lipinski definition) is 7. The number of benzene rings is 13. The average molecular weight is 1250 g/mol. The molecule has 0 aliphatic heterocycles. The van der Waals surface area contributed by atoms with Gasteiger partial charge in [0.25, 0.3) is 0 Å². The zero-order valence-corrected chi connectivity index (χ0v) is 52.9. The highest BCUT2D eigenvalue weighted by Gasteiger charge is 2.28. The van der Waals surface area contributed by atoms with Crippen LogP contribution in [0.1, 0.15) is 0 Å². The first-order chi connectivity index (χ1) is 48.6. The van der Waals surface area contributed by atoms with Crippen molar-refractivity contribution >= 4 is 43.6 Å². The number of para-hydroxylation sites is 1. The first kappa shape index (κ1) is 57.3. The summed E-state index contributed by atoms with van der Waals surface area (Å²) in [5.74, 6) is 3.06. The molecule has 0 N–H and O–H groups in total. The van der Waals surface area contributed by atoms with Crippen molar-refractivity contribution in [3.05, 3.63) is 346 Å². The number of hydrogen-bond donors (Lipinski definition) is 0. The molecule has 98 heavy (non-hydrogen) atoms. The van der Waals surface area contributed by atoms with Gasteiger partial charge in [-0.3, -0.25) is 0 Å². The van der Waals surface area contributed by atoms with E-state index in [9.17, 15) is 0 Å². The zero-order valence-electron chi connectivity index (χ0n) is 52.9. The Morgan fingerprint density at radius 2 is 0.439 bits per heavy atom. The van der Waals surface area contributed by atoms with Crippen LogP contribution in [0.4, 0.5) is 0 Å². The van der Waals surface area contributed by atoms with E-state index in [1.807, 2.05) is 84.9 Å². The first-order valence-electron chi connectivity index (χ1n) is 32.9. The average Bonchev–Trinajstić information content (AvgIpc) is 1.53. The molecule has 0 unspecified atom stereocenters. The van der Waals surface area contributed by atoms with E-state index < -0.39 is 0 Å². The van der Waals surface area contributed by atoms with Gasteiger partial charge in [-0.1, -0.05) is 279 Å². The lowest BCUT2D eigenvalue weighted by Crippen LogP contribution is -2.08. The molecule has 5 heterocycles. The molecule has 13 aromatic carbocycles. The highest BCUT2D eigenvalue weighted by Crippen LogP contribution is 2.46. The van der Waals surface area contributed by atoms with Crippen molar-refractivity contribution in [3.63, 3.8) is 0 Å². The van der Waals surface area contributed by atoms with E-state index in [1.165, 1.54) is 0 Å². The third-order valence-corrected chi connectivity index (χ3v) is 18.4. The lowest BCUT2D eigenvalue weighted by molar-refractivity contribution is 1.05. The van der Waals surface area contributed by atoms with E-state index in [-0.39, 0.29) is 0 Å². The molecule has 0 radical (unpaired) electrons. The number of pyridine rings is 1. The SMILES string of the molecule is c1ccc(-c2ccc3c(c2)c2ccccc2n3-c2cc(-n3c4ccc(-c5ccccc5)cc4c4cc(-c5cc(-c6ccccc6)nc(-c6ccccc6)c5)ccc43)c(-c3nc(-c4ccccc4)nc(-c4ccccc4)n3)cc2-c2nc(-c3ccccc3)nc(-c3ccccc3)n2)cc1. The summed E-state index contributed by atoms with van der Waals surface area (Å²) in [6.07, 6.45) is 0. The zero-order chi connectivity index (χ0) is 64.9. The molecule has 9 nitrogen and oxygen atoms in total. The third-order valence-electron chi connectivity index (χ3n) is 18.4. The standard InChI is InChI=1S/C89H57N9/c1-9-27-58(28-10-1)66-45-48-79-71(51-66)70-43-25-26-44-78(70)97(79)82-57-83(98-80-49-46-67(59-29-11-2-12-30-59)52-72(80)73-53-68(47-50-81(73)98)69-54-76(60-31-13-3-14-32-60)90-77(55-69)61-33-15-4-16-34-61)75(89-95-86(64-39-21-7-22-40-64)92-87(96-89)65-41-23-8-24-42-65)56-74(82)88-93-84(62-35-17-5-18-36-62)91-85(94-88)63-37-19-6-20-38-63/h1-57H. The Bertz CT molecular complexity index is 5830. The van der Waals surface area contributed by atoms with Crippen molar-refractivity contribution in [1.82, 2.24) is 44.0 Å². The lowest BCUT2D eigenvalue weighted by Gasteiger charge is -2.21. The fourth-order valence-electron chi connectivity index (χ4n) is 13.7. The van der Waals surface area contributed by atoms with Crippen LogP contribution in [0.3, 0.4) is 0 Å². The van der Waals surface area contributed by atoms with E-state index >= 15 is 0 Å². The summed E-state index contributed by atoms with van der Waals surface area (Å²) in [6, 6.07) is 121. The Kier molecular flexibility index (Phi) is 14.3. The molecular weight excluding hydrogens is 1200 g/mol. The largest absolute Gasteiger partial charge is 0.308 e. The molecule has 0 saturated carbocycles. The minimum Gasteiger partial charge on any atom is -0.308 e. The van der Waals surface area contributed by atoms with Gasteiger partial charge in [0.2, 0.25) is 0 Å². The first-order valence-corrected chi connectivity index (χ1v) is 32.9. The Morgan fingerprint density at radius 1 is 0.163 bits per heavy atom. The van der Waals surface area contributed by atoms with Crippen molar-refractivity contribution in [2.45, 2.75) is 0 Å². The van der Waals surface area contributed by atoms with E-state index in [2.05, 4.69) is 270 Å². The smallest absolute Gasteiger partial charge is 0.166 e. The molecule has 0 amide bonds. The Morgan fingerprint density at radius 3 is 0.796 bits per heavy atom. The van der Waals surface area contributed by atoms with Gasteiger partial charge in [0, 0.05) is 66.1 Å². The van der Waals surface area contributed by atoms with E-state index in [4.69, 9.17) is 34.9 Å². The topological polar surface area (TPSA) is 100 Å². The van der Waals surface area contributed by atoms with Crippen LogP contribution in [-0.4, -0.2) is 44.0 Å². The highest BCUT2D eigenvalue weighted by molar-refractivity contribution is 6.14. The summed E-state index contributed by atoms with van der Waals surface area (Å²) in [6.45, 7) is 0. The van der Waals surface area contributed by atoms with Crippen molar-refractivity contribution in [1.29, 1.82) is 0 Å². The Hall–Kier alpha value is -13.4. The van der Waals surface area contributed by atoms with Gasteiger partial charge in [0.1, 0.15) is 0 Å². The molecule has 0 fully saturated rings. The summed E-state index contributed by atoms with van der Waals surface area (Å²) in [5, 5.41) is 4.31. The predicted molar refractivity (Wildman–Crippen MR) is 399 cm³/mol. The fourth-order valence-corrected chi connectivity index (χ4v) is 13.7. The second kappa shape index (κ2) is 24.5. The number of nitrogens with zero attached hydrogens (tertiary/aromatic N) is 9. The van der Waals surface area contributed by atoms with Crippen LogP contribution in [0, 0.1) is 0 Å². The quantitative estimate of drug-likeness (QED) is 0.113. The summed E-state index contributed by atoms with van der Waals surface area (Å²) in [5.41, 5.74) is 20.9. The van der Waals surface area contributed by atoms with Gasteiger partial charge in [0.15, 0.2) is 34.9 Å². The summed E-state index contributed by atoms with van der Waals surface area (Å²) < 4.78 is 4.81. The Labute approximate surface area is 565 Å². The summed E-state index contributed by atoms with van der Waals surface area (Å²) in [7, 11) is 0. The second-order valence-corrected chi connectivity index (χ2v) is 24.4. The third kappa shape index (κ3) is 10.5. The molecule has 0 spiro atoms. The maximum atomic E-state index is 5.60. The van der Waals surface area contributed by atoms with Crippen LogP contribution in [0.15, 0.2) is 346 Å². The summed E-state index contributed by atoms with van der Waals surface area (Å²) in [4.78, 5) is 38.2. The molecule has 9 heteroatoms. The molecule has 0 bridgehead atoms. The normalized spacial score (nSPS) is 11.5. The molecule has 0 saturated heterocycles. The molecule has 5 aromatic heterocycles. The van der Waals surface area contributed by atoms with E-state index in [0.717, 1.165) is 144 Å². The van der Waals surface area contributed by atoms with E-state index in [1.54, 1.807) is 0 Å². The van der Waals surface area contributed by atoms with E-state index in [0.29, 0.717) is 34.9 Å². The molecule has 458 valence electrons. The number of aromatic nitrogens is 9. The maximum absolute atomic E-state index is 5.60. The van der Waals surface area contributed by atoms with Crippen molar-refractivity contribution in [2.24, 2.45) is 0 Å². The lowest BCUT2D eigenvalue weighted by atomic mass is 9.98. The second-order valence-electron chi connectivity index (χ2n) is 24.4. The van der Waals surface area contributed by atoms with Crippen molar-refractivity contribution < 1.29 is 0 Å². The van der Waals surface area contributed by atoms with Crippen LogP contribution < -0.4 is 0 Å². The van der Waals surface area contributed by atoms with Crippen LogP contribution in [-0.2, 0) is 0 Å². The fraction of sp³-hybridized carbons (Fsp3) is 0. The minimum atomic E-state index is 0.460. The molecule has 0 aliphatic carbocycles.